The molecule has 0 rings (SSSR count). The van der Waals surface area contributed by atoms with Crippen LogP contribution in [0.4, 0.5) is 0 Å². The minimum atomic E-state index is -0.238. The first-order chi connectivity index (χ1) is 5.56. The van der Waals surface area contributed by atoms with E-state index in [1.807, 2.05) is 0 Å². The van der Waals surface area contributed by atoms with E-state index in [-0.39, 0.29) is 12.1 Å². The summed E-state index contributed by atoms with van der Waals surface area (Å²) in [6.45, 7) is 9.90. The van der Waals surface area contributed by atoms with E-state index in [9.17, 15) is 4.79 Å². The molecule has 0 bridgehead atoms. The lowest BCUT2D eigenvalue weighted by molar-refractivity contribution is -0.120. The lowest BCUT2D eigenvalue weighted by Gasteiger charge is -2.14. The molecule has 3 heteroatoms. The van der Waals surface area contributed by atoms with E-state index < -0.39 is 0 Å². The highest BCUT2D eigenvalue weighted by Crippen LogP contribution is 1.95. The fraction of sp³-hybridized carbons (Fsp3) is 0.667. The lowest BCUT2D eigenvalue weighted by atomic mass is 10.2. The molecular weight excluding hydrogens is 154 g/mol. The summed E-state index contributed by atoms with van der Waals surface area (Å²) in [5.74, 6) is 0.277. The quantitative estimate of drug-likeness (QED) is 0.500. The van der Waals surface area contributed by atoms with Gasteiger partial charge in [-0.15, -0.1) is 0 Å². The fourth-order valence-electron chi connectivity index (χ4n) is 0.638. The van der Waals surface area contributed by atoms with Crippen LogP contribution < -0.4 is 5.32 Å². The average molecular weight is 171 g/mol. The molecule has 0 aromatic heterocycles. The summed E-state index contributed by atoms with van der Waals surface area (Å²) in [5, 5.41) is 2.61. The molecule has 1 atom stereocenters. The van der Waals surface area contributed by atoms with E-state index >= 15 is 0 Å². The van der Waals surface area contributed by atoms with Gasteiger partial charge in [-0.3, -0.25) is 4.79 Å². The van der Waals surface area contributed by atoms with E-state index in [1.165, 1.54) is 6.08 Å². The molecule has 1 unspecified atom stereocenters. The first-order valence-corrected chi connectivity index (χ1v) is 4.10. The van der Waals surface area contributed by atoms with Crippen LogP contribution in [0.15, 0.2) is 12.7 Å². The van der Waals surface area contributed by atoms with Crippen molar-refractivity contribution in [3.63, 3.8) is 0 Å². The number of hydrogen-bond donors (Lipinski definition) is 1. The summed E-state index contributed by atoms with van der Waals surface area (Å²) >= 11 is 0. The molecule has 0 aliphatic heterocycles. The van der Waals surface area contributed by atoms with Gasteiger partial charge in [-0.2, -0.15) is 0 Å². The minimum absolute atomic E-state index is 0.203. The Morgan fingerprint density at radius 2 is 2.17 bits per heavy atom. The molecule has 0 heterocycles. The van der Waals surface area contributed by atoms with Crippen LogP contribution in [-0.4, -0.2) is 18.7 Å². The molecule has 3 nitrogen and oxygen atoms in total. The van der Waals surface area contributed by atoms with E-state index in [2.05, 4.69) is 25.7 Å². The van der Waals surface area contributed by atoms with Crippen molar-refractivity contribution in [3.8, 4) is 0 Å². The van der Waals surface area contributed by atoms with Crippen LogP contribution in [0.3, 0.4) is 0 Å². The van der Waals surface area contributed by atoms with Crippen molar-refractivity contribution in [3.05, 3.63) is 12.7 Å². The Bertz CT molecular complexity index is 155. The minimum Gasteiger partial charge on any atom is -0.359 e. The first-order valence-electron chi connectivity index (χ1n) is 4.10. The monoisotopic (exact) mass is 171 g/mol. The van der Waals surface area contributed by atoms with Crippen LogP contribution in [0.2, 0.25) is 0 Å². The topological polar surface area (TPSA) is 38.3 Å². The van der Waals surface area contributed by atoms with Crippen molar-refractivity contribution in [1.82, 2.24) is 5.32 Å². The molecule has 70 valence electrons. The molecule has 0 saturated heterocycles. The van der Waals surface area contributed by atoms with Gasteiger partial charge in [0.05, 0.1) is 6.61 Å². The number of hydrogen-bond acceptors (Lipinski definition) is 2. The molecule has 0 aliphatic rings. The van der Waals surface area contributed by atoms with Gasteiger partial charge in [-0.1, -0.05) is 20.4 Å². The Hall–Kier alpha value is -0.830. The zero-order chi connectivity index (χ0) is 9.56. The second kappa shape index (κ2) is 5.77. The van der Waals surface area contributed by atoms with Crippen molar-refractivity contribution in [2.45, 2.75) is 27.0 Å². The SMILES string of the molecule is C=CC(=O)NC(C)OCC(C)C. The largest absolute Gasteiger partial charge is 0.359 e. The third-order valence-electron chi connectivity index (χ3n) is 1.21. The molecule has 0 fully saturated rings. The Balaban J connectivity index is 3.52. The molecule has 1 amide bonds. The maximum Gasteiger partial charge on any atom is 0.245 e. The molecule has 12 heavy (non-hydrogen) atoms. The molecule has 0 aliphatic carbocycles. The number of rotatable bonds is 5. The highest BCUT2D eigenvalue weighted by atomic mass is 16.5. The highest BCUT2D eigenvalue weighted by Gasteiger charge is 2.04. The molecule has 0 aromatic rings. The van der Waals surface area contributed by atoms with Gasteiger partial charge in [0, 0.05) is 0 Å². The summed E-state index contributed by atoms with van der Waals surface area (Å²) in [6, 6.07) is 0. The molecule has 0 spiro atoms. The number of amides is 1. The zero-order valence-electron chi connectivity index (χ0n) is 7.96. The normalized spacial score (nSPS) is 12.7. The van der Waals surface area contributed by atoms with E-state index in [0.29, 0.717) is 12.5 Å². The van der Waals surface area contributed by atoms with Crippen LogP contribution in [0.5, 0.6) is 0 Å². The summed E-state index contributed by atoms with van der Waals surface area (Å²) in [4.78, 5) is 10.8. The number of carbonyl (C=O) groups excluding carboxylic acids is 1. The van der Waals surface area contributed by atoms with Gasteiger partial charge in [0.2, 0.25) is 5.91 Å². The van der Waals surface area contributed by atoms with Gasteiger partial charge >= 0.3 is 0 Å². The summed E-state index contributed by atoms with van der Waals surface area (Å²) in [5.41, 5.74) is 0. The van der Waals surface area contributed by atoms with Crippen molar-refractivity contribution in [2.24, 2.45) is 5.92 Å². The Labute approximate surface area is 73.8 Å². The summed E-state index contributed by atoms with van der Waals surface area (Å²) < 4.78 is 5.30. The Morgan fingerprint density at radius 3 is 2.58 bits per heavy atom. The van der Waals surface area contributed by atoms with Crippen LogP contribution in [-0.2, 0) is 9.53 Å². The van der Waals surface area contributed by atoms with Gasteiger partial charge in [0.15, 0.2) is 0 Å². The molecule has 1 N–H and O–H groups in total. The third-order valence-corrected chi connectivity index (χ3v) is 1.21. The van der Waals surface area contributed by atoms with Crippen molar-refractivity contribution >= 4 is 5.91 Å². The fourth-order valence-corrected chi connectivity index (χ4v) is 0.638. The second-order valence-corrected chi connectivity index (χ2v) is 3.08. The maximum atomic E-state index is 10.8. The predicted molar refractivity (Wildman–Crippen MR) is 48.6 cm³/mol. The number of carbonyl (C=O) groups is 1. The van der Waals surface area contributed by atoms with E-state index in [0.717, 1.165) is 0 Å². The Kier molecular flexibility index (Phi) is 5.37. The predicted octanol–water partition coefficient (Wildman–Crippen LogP) is 1.31. The van der Waals surface area contributed by atoms with E-state index in [1.54, 1.807) is 6.92 Å². The summed E-state index contributed by atoms with van der Waals surface area (Å²) in [7, 11) is 0. The zero-order valence-corrected chi connectivity index (χ0v) is 7.96. The van der Waals surface area contributed by atoms with Crippen molar-refractivity contribution in [2.75, 3.05) is 6.61 Å². The van der Waals surface area contributed by atoms with Gasteiger partial charge in [0.25, 0.3) is 0 Å². The van der Waals surface area contributed by atoms with Gasteiger partial charge in [-0.25, -0.2) is 0 Å². The first kappa shape index (κ1) is 11.2. The molecule has 0 saturated carbocycles. The number of ether oxygens (including phenoxy) is 1. The molecule has 0 aromatic carbocycles. The number of nitrogens with one attached hydrogen (secondary N) is 1. The molecule has 0 radical (unpaired) electrons. The lowest BCUT2D eigenvalue weighted by Crippen LogP contribution is -2.34. The average Bonchev–Trinajstić information content (AvgIpc) is 2.00. The van der Waals surface area contributed by atoms with Crippen LogP contribution in [0.1, 0.15) is 20.8 Å². The Morgan fingerprint density at radius 1 is 1.58 bits per heavy atom. The molecular formula is C9H17NO2. The van der Waals surface area contributed by atoms with Crippen molar-refractivity contribution < 1.29 is 9.53 Å². The van der Waals surface area contributed by atoms with E-state index in [4.69, 9.17) is 4.74 Å². The highest BCUT2D eigenvalue weighted by molar-refractivity contribution is 5.86. The van der Waals surface area contributed by atoms with Crippen LogP contribution in [0.25, 0.3) is 0 Å². The van der Waals surface area contributed by atoms with Gasteiger partial charge in [-0.05, 0) is 18.9 Å². The third kappa shape index (κ3) is 5.92. The summed E-state index contributed by atoms with van der Waals surface area (Å²) in [6.07, 6.45) is 0.993. The smallest absolute Gasteiger partial charge is 0.245 e. The van der Waals surface area contributed by atoms with Gasteiger partial charge in [0.1, 0.15) is 6.23 Å². The van der Waals surface area contributed by atoms with Gasteiger partial charge < -0.3 is 10.1 Å². The standard InChI is InChI=1S/C9H17NO2/c1-5-9(11)10-8(4)12-6-7(2)3/h5,7-8H,1,6H2,2-4H3,(H,10,11). The maximum absolute atomic E-state index is 10.8. The van der Waals surface area contributed by atoms with Crippen LogP contribution in [0, 0.1) is 5.92 Å². The second-order valence-electron chi connectivity index (χ2n) is 3.08. The van der Waals surface area contributed by atoms with Crippen molar-refractivity contribution in [1.29, 1.82) is 0 Å². The van der Waals surface area contributed by atoms with Crippen LogP contribution >= 0.6 is 0 Å².